The molecule has 1 rings (SSSR count). The minimum absolute atomic E-state index is 0.136. The molecule has 0 spiro atoms. The van der Waals surface area contributed by atoms with Crippen LogP contribution in [-0.4, -0.2) is 8.42 Å². The highest BCUT2D eigenvalue weighted by Crippen LogP contribution is 2.12. The van der Waals surface area contributed by atoms with Crippen LogP contribution in [0.5, 0.6) is 0 Å². The summed E-state index contributed by atoms with van der Waals surface area (Å²) >= 11 is 0. The van der Waals surface area contributed by atoms with Crippen LogP contribution in [0.15, 0.2) is 35.2 Å². The number of halogens is 1. The summed E-state index contributed by atoms with van der Waals surface area (Å²) in [5.74, 6) is 0. The summed E-state index contributed by atoms with van der Waals surface area (Å²) in [7, 11) is 1.50. The fraction of sp³-hybridized carbons (Fsp3) is 0.250. The topological polar surface area (TPSA) is 34.1 Å². The van der Waals surface area contributed by atoms with Gasteiger partial charge in [-0.05, 0) is 12.1 Å². The summed E-state index contributed by atoms with van der Waals surface area (Å²) in [5, 5.41) is 0. The highest BCUT2D eigenvalue weighted by atomic mass is 35.7. The molecule has 0 amide bonds. The normalized spacial score (nSPS) is 9.92. The third-order valence-corrected chi connectivity index (χ3v) is 2.39. The van der Waals surface area contributed by atoms with E-state index in [1.807, 2.05) is 13.8 Å². The molecule has 0 atom stereocenters. The van der Waals surface area contributed by atoms with E-state index in [0.29, 0.717) is 0 Å². The highest BCUT2D eigenvalue weighted by Gasteiger charge is 2.06. The predicted molar refractivity (Wildman–Crippen MR) is 50.8 cm³/mol. The minimum Gasteiger partial charge on any atom is -0.207 e. The fourth-order valence-electron chi connectivity index (χ4n) is 0.583. The zero-order valence-electron chi connectivity index (χ0n) is 6.99. The summed E-state index contributed by atoms with van der Waals surface area (Å²) in [6, 6.07) is 7.86. The second-order valence-electron chi connectivity index (χ2n) is 1.75. The summed E-state index contributed by atoms with van der Waals surface area (Å²) in [6.45, 7) is 4.00. The average Bonchev–Trinajstić information content (AvgIpc) is 2.08. The third kappa shape index (κ3) is 3.74. The number of rotatable bonds is 1. The first-order valence-corrected chi connectivity index (χ1v) is 5.91. The Morgan fingerprint density at radius 1 is 1.08 bits per heavy atom. The lowest BCUT2D eigenvalue weighted by Crippen LogP contribution is -1.87. The van der Waals surface area contributed by atoms with Crippen molar-refractivity contribution < 1.29 is 8.42 Å². The van der Waals surface area contributed by atoms with Crippen LogP contribution in [-0.2, 0) is 9.05 Å². The molecule has 0 saturated heterocycles. The monoisotopic (exact) mass is 206 g/mol. The molecule has 4 heteroatoms. The summed E-state index contributed by atoms with van der Waals surface area (Å²) in [5.41, 5.74) is 0. The van der Waals surface area contributed by atoms with Crippen LogP contribution in [0.1, 0.15) is 13.8 Å². The minimum atomic E-state index is -3.53. The third-order valence-electron chi connectivity index (χ3n) is 1.02. The van der Waals surface area contributed by atoms with Crippen LogP contribution in [0, 0.1) is 0 Å². The molecule has 0 unspecified atom stereocenters. The van der Waals surface area contributed by atoms with Crippen LogP contribution in [0.4, 0.5) is 0 Å². The zero-order chi connectivity index (χ0) is 9.61. The second kappa shape index (κ2) is 5.17. The quantitative estimate of drug-likeness (QED) is 0.662. The Bertz CT molecular complexity index is 305. The lowest BCUT2D eigenvalue weighted by atomic mass is 10.4. The van der Waals surface area contributed by atoms with E-state index >= 15 is 0 Å². The van der Waals surface area contributed by atoms with Gasteiger partial charge in [-0.25, -0.2) is 8.42 Å². The van der Waals surface area contributed by atoms with Crippen molar-refractivity contribution >= 4 is 19.7 Å². The molecule has 0 radical (unpaired) electrons. The smallest absolute Gasteiger partial charge is 0.207 e. The van der Waals surface area contributed by atoms with Crippen molar-refractivity contribution in [2.45, 2.75) is 18.7 Å². The maximum atomic E-state index is 10.6. The molecule has 0 aliphatic carbocycles. The Morgan fingerprint density at radius 3 is 1.75 bits per heavy atom. The maximum absolute atomic E-state index is 10.6. The zero-order valence-corrected chi connectivity index (χ0v) is 8.56. The summed E-state index contributed by atoms with van der Waals surface area (Å²) < 4.78 is 21.2. The Labute approximate surface area is 77.6 Å². The van der Waals surface area contributed by atoms with Gasteiger partial charge in [0, 0.05) is 10.7 Å². The van der Waals surface area contributed by atoms with Gasteiger partial charge in [0.05, 0.1) is 4.90 Å². The number of hydrogen-bond donors (Lipinski definition) is 0. The van der Waals surface area contributed by atoms with Gasteiger partial charge in [0.2, 0.25) is 0 Å². The van der Waals surface area contributed by atoms with E-state index in [9.17, 15) is 8.42 Å². The lowest BCUT2D eigenvalue weighted by molar-refractivity contribution is 0.609. The van der Waals surface area contributed by atoms with Gasteiger partial charge in [0.1, 0.15) is 0 Å². The molecule has 0 aliphatic heterocycles. The van der Waals surface area contributed by atoms with Gasteiger partial charge >= 0.3 is 0 Å². The van der Waals surface area contributed by atoms with Crippen molar-refractivity contribution in [3.8, 4) is 0 Å². The summed E-state index contributed by atoms with van der Waals surface area (Å²) in [4.78, 5) is 0.136. The first kappa shape index (κ1) is 11.5. The molecule has 0 bridgehead atoms. The van der Waals surface area contributed by atoms with E-state index in [2.05, 4.69) is 0 Å². The van der Waals surface area contributed by atoms with Crippen LogP contribution < -0.4 is 0 Å². The van der Waals surface area contributed by atoms with E-state index in [1.165, 1.54) is 12.1 Å². The molecule has 68 valence electrons. The number of hydrogen-bond acceptors (Lipinski definition) is 2. The van der Waals surface area contributed by atoms with Crippen molar-refractivity contribution in [2.75, 3.05) is 0 Å². The SMILES string of the molecule is CC.O=S(=O)(Cl)c1ccccc1. The Hall–Kier alpha value is -0.540. The molecule has 0 saturated carbocycles. The van der Waals surface area contributed by atoms with Crippen molar-refractivity contribution in [3.63, 3.8) is 0 Å². The molecule has 0 fully saturated rings. The van der Waals surface area contributed by atoms with Crippen molar-refractivity contribution in [1.82, 2.24) is 0 Å². The maximum Gasteiger partial charge on any atom is 0.261 e. The first-order chi connectivity index (χ1) is 5.61. The standard InChI is InChI=1S/C6H5ClO2S.C2H6/c7-10(8,9)6-4-2-1-3-5-6;1-2/h1-5H;1-2H3. The van der Waals surface area contributed by atoms with Gasteiger partial charge in [0.25, 0.3) is 9.05 Å². The molecular formula is C8H11ClO2S. The van der Waals surface area contributed by atoms with E-state index in [4.69, 9.17) is 10.7 Å². The predicted octanol–water partition coefficient (Wildman–Crippen LogP) is 2.64. The first-order valence-electron chi connectivity index (χ1n) is 3.60. The van der Waals surface area contributed by atoms with Gasteiger partial charge in [-0.1, -0.05) is 32.0 Å². The average molecular weight is 207 g/mol. The molecule has 0 N–H and O–H groups in total. The van der Waals surface area contributed by atoms with Crippen molar-refractivity contribution in [1.29, 1.82) is 0 Å². The van der Waals surface area contributed by atoms with Crippen LogP contribution in [0.2, 0.25) is 0 Å². The highest BCUT2D eigenvalue weighted by molar-refractivity contribution is 8.13. The van der Waals surface area contributed by atoms with Crippen LogP contribution >= 0.6 is 10.7 Å². The summed E-state index contributed by atoms with van der Waals surface area (Å²) in [6.07, 6.45) is 0. The van der Waals surface area contributed by atoms with Gasteiger partial charge in [-0.15, -0.1) is 0 Å². The second-order valence-corrected chi connectivity index (χ2v) is 4.32. The molecule has 0 aliphatic rings. The van der Waals surface area contributed by atoms with Crippen LogP contribution in [0.3, 0.4) is 0 Å². The molecule has 2 nitrogen and oxygen atoms in total. The Balaban J connectivity index is 0.000000561. The van der Waals surface area contributed by atoms with Gasteiger partial charge in [-0.3, -0.25) is 0 Å². The molecule has 1 aromatic carbocycles. The molecular weight excluding hydrogens is 196 g/mol. The Morgan fingerprint density at radius 2 is 1.50 bits per heavy atom. The van der Waals surface area contributed by atoms with Crippen molar-refractivity contribution in [2.24, 2.45) is 0 Å². The lowest BCUT2D eigenvalue weighted by Gasteiger charge is -1.91. The molecule has 12 heavy (non-hydrogen) atoms. The molecule has 0 aromatic heterocycles. The van der Waals surface area contributed by atoms with Crippen molar-refractivity contribution in [3.05, 3.63) is 30.3 Å². The van der Waals surface area contributed by atoms with E-state index in [-0.39, 0.29) is 4.90 Å². The number of benzene rings is 1. The van der Waals surface area contributed by atoms with Gasteiger partial charge in [0.15, 0.2) is 0 Å². The van der Waals surface area contributed by atoms with Gasteiger partial charge in [-0.2, -0.15) is 0 Å². The van der Waals surface area contributed by atoms with E-state index in [1.54, 1.807) is 18.2 Å². The fourth-order valence-corrected chi connectivity index (χ4v) is 1.37. The molecule has 1 aromatic rings. The van der Waals surface area contributed by atoms with Gasteiger partial charge < -0.3 is 0 Å². The van der Waals surface area contributed by atoms with Crippen LogP contribution in [0.25, 0.3) is 0 Å². The molecule has 0 heterocycles. The van der Waals surface area contributed by atoms with E-state index < -0.39 is 9.05 Å². The van der Waals surface area contributed by atoms with E-state index in [0.717, 1.165) is 0 Å². The Kier molecular flexibility index (Phi) is 4.93. The largest absolute Gasteiger partial charge is 0.261 e.